The molecule has 0 spiro atoms. The third kappa shape index (κ3) is 1.98. The standard InChI is InChI=1S/C13H14O4/c1-4-8-5-13(14)17-10-7-12(16-3)11(15-2)6-9(8)10/h5-7H,4H2,1-3H3. The van der Waals surface area contributed by atoms with Crippen molar-refractivity contribution in [1.29, 1.82) is 0 Å². The predicted molar refractivity (Wildman–Crippen MR) is 65.0 cm³/mol. The lowest BCUT2D eigenvalue weighted by molar-refractivity contribution is 0.355. The molecule has 4 heteroatoms. The van der Waals surface area contributed by atoms with Crippen molar-refractivity contribution < 1.29 is 13.9 Å². The molecular weight excluding hydrogens is 220 g/mol. The van der Waals surface area contributed by atoms with Gasteiger partial charge >= 0.3 is 5.63 Å². The van der Waals surface area contributed by atoms with Gasteiger partial charge in [0.15, 0.2) is 11.5 Å². The lowest BCUT2D eigenvalue weighted by atomic mass is 10.1. The van der Waals surface area contributed by atoms with E-state index in [4.69, 9.17) is 13.9 Å². The van der Waals surface area contributed by atoms with Crippen molar-refractivity contribution in [1.82, 2.24) is 0 Å². The molecule has 0 amide bonds. The van der Waals surface area contributed by atoms with Crippen LogP contribution in [0.25, 0.3) is 11.0 Å². The number of ether oxygens (including phenoxy) is 2. The van der Waals surface area contributed by atoms with Crippen LogP contribution in [0.3, 0.4) is 0 Å². The van der Waals surface area contributed by atoms with E-state index in [9.17, 15) is 4.79 Å². The highest BCUT2D eigenvalue weighted by molar-refractivity contribution is 5.84. The maximum atomic E-state index is 11.4. The second-order valence-corrected chi connectivity index (χ2v) is 3.65. The molecule has 1 aromatic carbocycles. The third-order valence-electron chi connectivity index (χ3n) is 2.72. The molecule has 0 unspecified atom stereocenters. The van der Waals surface area contributed by atoms with E-state index in [1.165, 1.54) is 6.07 Å². The Morgan fingerprint density at radius 3 is 2.35 bits per heavy atom. The van der Waals surface area contributed by atoms with Gasteiger partial charge in [0.2, 0.25) is 0 Å². The lowest BCUT2D eigenvalue weighted by Gasteiger charge is -2.10. The Morgan fingerprint density at radius 2 is 1.76 bits per heavy atom. The van der Waals surface area contributed by atoms with Crippen LogP contribution in [0.5, 0.6) is 11.5 Å². The summed E-state index contributed by atoms with van der Waals surface area (Å²) in [6, 6.07) is 5.01. The van der Waals surface area contributed by atoms with Gasteiger partial charge in [-0.25, -0.2) is 4.79 Å². The first-order valence-corrected chi connectivity index (χ1v) is 5.38. The highest BCUT2D eigenvalue weighted by Crippen LogP contribution is 2.32. The summed E-state index contributed by atoms with van der Waals surface area (Å²) in [5, 5.41) is 0.879. The second kappa shape index (κ2) is 4.49. The first kappa shape index (κ1) is 11.5. The molecule has 1 heterocycles. The fourth-order valence-corrected chi connectivity index (χ4v) is 1.85. The number of hydrogen-bond acceptors (Lipinski definition) is 4. The Hall–Kier alpha value is -1.97. The Morgan fingerprint density at radius 1 is 1.12 bits per heavy atom. The van der Waals surface area contributed by atoms with E-state index in [1.807, 2.05) is 13.0 Å². The van der Waals surface area contributed by atoms with Gasteiger partial charge in [-0.3, -0.25) is 0 Å². The zero-order valence-electron chi connectivity index (χ0n) is 10.1. The van der Waals surface area contributed by atoms with Gasteiger partial charge in [-0.05, 0) is 18.1 Å². The van der Waals surface area contributed by atoms with E-state index in [1.54, 1.807) is 20.3 Å². The molecule has 0 N–H and O–H groups in total. The van der Waals surface area contributed by atoms with Crippen LogP contribution < -0.4 is 15.1 Å². The van der Waals surface area contributed by atoms with Crippen molar-refractivity contribution >= 4 is 11.0 Å². The van der Waals surface area contributed by atoms with Gasteiger partial charge in [-0.15, -0.1) is 0 Å². The van der Waals surface area contributed by atoms with Gasteiger partial charge < -0.3 is 13.9 Å². The highest BCUT2D eigenvalue weighted by Gasteiger charge is 2.10. The Kier molecular flexibility index (Phi) is 3.04. The summed E-state index contributed by atoms with van der Waals surface area (Å²) < 4.78 is 15.6. The van der Waals surface area contributed by atoms with Crippen molar-refractivity contribution in [2.24, 2.45) is 0 Å². The summed E-state index contributed by atoms with van der Waals surface area (Å²) in [5.41, 5.74) is 1.12. The molecule has 2 aromatic rings. The molecule has 0 radical (unpaired) electrons. The van der Waals surface area contributed by atoms with E-state index >= 15 is 0 Å². The van der Waals surface area contributed by atoms with Crippen molar-refractivity contribution in [3.05, 3.63) is 34.2 Å². The normalized spacial score (nSPS) is 10.5. The maximum absolute atomic E-state index is 11.4. The Balaban J connectivity index is 2.82. The molecule has 0 fully saturated rings. The van der Waals surface area contributed by atoms with Crippen LogP contribution in [0.2, 0.25) is 0 Å². The van der Waals surface area contributed by atoms with Crippen LogP contribution in [0.1, 0.15) is 12.5 Å². The van der Waals surface area contributed by atoms with Gasteiger partial charge in [-0.2, -0.15) is 0 Å². The fourth-order valence-electron chi connectivity index (χ4n) is 1.85. The third-order valence-corrected chi connectivity index (χ3v) is 2.72. The predicted octanol–water partition coefficient (Wildman–Crippen LogP) is 2.37. The number of hydrogen-bond donors (Lipinski definition) is 0. The molecule has 0 aliphatic heterocycles. The van der Waals surface area contributed by atoms with Crippen LogP contribution in [-0.4, -0.2) is 14.2 Å². The van der Waals surface area contributed by atoms with Crippen molar-refractivity contribution in [3.63, 3.8) is 0 Å². The molecule has 1 aromatic heterocycles. The first-order valence-electron chi connectivity index (χ1n) is 5.38. The minimum Gasteiger partial charge on any atom is -0.493 e. The van der Waals surface area contributed by atoms with Gasteiger partial charge in [0, 0.05) is 17.5 Å². The summed E-state index contributed by atoms with van der Waals surface area (Å²) >= 11 is 0. The smallest absolute Gasteiger partial charge is 0.336 e. The van der Waals surface area contributed by atoms with Crippen LogP contribution in [-0.2, 0) is 6.42 Å². The molecule has 0 atom stereocenters. The van der Waals surface area contributed by atoms with Crippen LogP contribution >= 0.6 is 0 Å². The SMILES string of the molecule is CCc1cc(=O)oc2cc(OC)c(OC)cc12. The number of benzene rings is 1. The number of aryl methyl sites for hydroxylation is 1. The molecule has 2 rings (SSSR count). The minimum atomic E-state index is -0.346. The lowest BCUT2D eigenvalue weighted by Crippen LogP contribution is -2.01. The van der Waals surface area contributed by atoms with Gasteiger partial charge in [0.1, 0.15) is 5.58 Å². The summed E-state index contributed by atoms with van der Waals surface area (Å²) in [7, 11) is 3.12. The molecule has 0 bridgehead atoms. The van der Waals surface area contributed by atoms with E-state index < -0.39 is 0 Å². The summed E-state index contributed by atoms with van der Waals surface area (Å²) in [6.07, 6.45) is 0.761. The number of fused-ring (bicyclic) bond motifs is 1. The molecule has 90 valence electrons. The van der Waals surface area contributed by atoms with Gasteiger partial charge in [0.25, 0.3) is 0 Å². The molecule has 0 aliphatic rings. The van der Waals surface area contributed by atoms with Gasteiger partial charge in [-0.1, -0.05) is 6.92 Å². The van der Waals surface area contributed by atoms with E-state index in [0.717, 1.165) is 17.4 Å². The largest absolute Gasteiger partial charge is 0.493 e. The van der Waals surface area contributed by atoms with Crippen molar-refractivity contribution in [2.45, 2.75) is 13.3 Å². The van der Waals surface area contributed by atoms with Crippen LogP contribution in [0.15, 0.2) is 27.4 Å². The average molecular weight is 234 g/mol. The maximum Gasteiger partial charge on any atom is 0.336 e. The summed E-state index contributed by atoms with van der Waals surface area (Å²) in [6.45, 7) is 1.99. The van der Waals surface area contributed by atoms with Crippen LogP contribution in [0, 0.1) is 0 Å². The number of rotatable bonds is 3. The Bertz CT molecular complexity index is 598. The zero-order valence-corrected chi connectivity index (χ0v) is 10.1. The molecule has 17 heavy (non-hydrogen) atoms. The molecule has 0 aliphatic carbocycles. The van der Waals surface area contributed by atoms with E-state index in [0.29, 0.717) is 17.1 Å². The number of methoxy groups -OCH3 is 2. The second-order valence-electron chi connectivity index (χ2n) is 3.65. The van der Waals surface area contributed by atoms with Gasteiger partial charge in [0.05, 0.1) is 14.2 Å². The monoisotopic (exact) mass is 234 g/mol. The molecule has 4 nitrogen and oxygen atoms in total. The van der Waals surface area contributed by atoms with Crippen molar-refractivity contribution in [2.75, 3.05) is 14.2 Å². The molecular formula is C13H14O4. The quantitative estimate of drug-likeness (QED) is 0.765. The summed E-state index contributed by atoms with van der Waals surface area (Å²) in [4.78, 5) is 11.4. The summed E-state index contributed by atoms with van der Waals surface area (Å²) in [5.74, 6) is 1.18. The van der Waals surface area contributed by atoms with Crippen LogP contribution in [0.4, 0.5) is 0 Å². The van der Waals surface area contributed by atoms with E-state index in [-0.39, 0.29) is 5.63 Å². The minimum absolute atomic E-state index is 0.346. The first-order chi connectivity index (χ1) is 8.19. The highest BCUT2D eigenvalue weighted by atomic mass is 16.5. The molecule has 0 saturated carbocycles. The van der Waals surface area contributed by atoms with E-state index in [2.05, 4.69) is 0 Å². The fraction of sp³-hybridized carbons (Fsp3) is 0.308. The zero-order chi connectivity index (χ0) is 12.4. The topological polar surface area (TPSA) is 48.7 Å². The Labute approximate surface area is 98.8 Å². The average Bonchev–Trinajstić information content (AvgIpc) is 2.35. The molecule has 0 saturated heterocycles. The van der Waals surface area contributed by atoms with Crippen molar-refractivity contribution in [3.8, 4) is 11.5 Å².